The Balaban J connectivity index is 2.30. The second kappa shape index (κ2) is 6.65. The summed E-state index contributed by atoms with van der Waals surface area (Å²) in [6, 6.07) is 3.40. The van der Waals surface area contributed by atoms with Crippen LogP contribution in [0.4, 0.5) is 0 Å². The van der Waals surface area contributed by atoms with Gasteiger partial charge in [-0.2, -0.15) is 4.31 Å². The highest BCUT2D eigenvalue weighted by atomic mass is 32.2. The molecule has 2 heterocycles. The predicted octanol–water partition coefficient (Wildman–Crippen LogP) is 1.88. The van der Waals surface area contributed by atoms with Crippen LogP contribution in [0.1, 0.15) is 44.6 Å². The van der Waals surface area contributed by atoms with Crippen molar-refractivity contribution in [3.05, 3.63) is 23.9 Å². The number of nitrogens with zero attached hydrogens (tertiary/aromatic N) is 2. The van der Waals surface area contributed by atoms with Gasteiger partial charge < -0.3 is 5.73 Å². The van der Waals surface area contributed by atoms with Crippen LogP contribution in [0.5, 0.6) is 0 Å². The molecule has 6 heteroatoms. The molecule has 0 aliphatic carbocycles. The van der Waals surface area contributed by atoms with Crippen molar-refractivity contribution < 1.29 is 8.42 Å². The third-order valence-electron chi connectivity index (χ3n) is 3.90. The molecule has 1 aliphatic rings. The maximum Gasteiger partial charge on any atom is 0.260 e. The van der Waals surface area contributed by atoms with Crippen molar-refractivity contribution in [3.63, 3.8) is 0 Å². The second-order valence-corrected chi connectivity index (χ2v) is 7.07. The van der Waals surface area contributed by atoms with Crippen molar-refractivity contribution >= 4 is 10.0 Å². The van der Waals surface area contributed by atoms with Crippen molar-refractivity contribution in [1.82, 2.24) is 9.29 Å². The fraction of sp³-hybridized carbons (Fsp3) is 0.643. The van der Waals surface area contributed by atoms with Gasteiger partial charge in [0.2, 0.25) is 0 Å². The standard InChI is InChI=1S/C14H23N3O2S/c1-2-13-6-4-3-5-9-17(13)20(18,19)14-8-7-12(10-15)11-16-14/h7-8,11,13H,2-6,9-10,15H2,1H3. The van der Waals surface area contributed by atoms with Gasteiger partial charge in [-0.3, -0.25) is 0 Å². The van der Waals surface area contributed by atoms with E-state index in [1.807, 2.05) is 6.92 Å². The van der Waals surface area contributed by atoms with Crippen LogP contribution < -0.4 is 5.73 Å². The van der Waals surface area contributed by atoms with E-state index in [1.165, 1.54) is 0 Å². The van der Waals surface area contributed by atoms with Crippen LogP contribution in [0.15, 0.2) is 23.4 Å². The summed E-state index contributed by atoms with van der Waals surface area (Å²) < 4.78 is 27.1. The number of nitrogens with two attached hydrogens (primary N) is 1. The molecule has 0 radical (unpaired) electrons. The third-order valence-corrected chi connectivity index (χ3v) is 5.77. The molecule has 0 spiro atoms. The Morgan fingerprint density at radius 2 is 2.15 bits per heavy atom. The van der Waals surface area contributed by atoms with Gasteiger partial charge in [-0.1, -0.05) is 25.8 Å². The molecule has 1 aromatic heterocycles. The van der Waals surface area contributed by atoms with Gasteiger partial charge in [-0.15, -0.1) is 0 Å². The number of pyridine rings is 1. The van der Waals surface area contributed by atoms with Crippen molar-refractivity contribution in [3.8, 4) is 0 Å². The summed E-state index contributed by atoms with van der Waals surface area (Å²) in [5.41, 5.74) is 6.36. The molecular weight excluding hydrogens is 274 g/mol. The molecule has 5 nitrogen and oxygen atoms in total. The van der Waals surface area contributed by atoms with E-state index in [4.69, 9.17) is 5.73 Å². The van der Waals surface area contributed by atoms with Gasteiger partial charge in [0.1, 0.15) is 0 Å². The lowest BCUT2D eigenvalue weighted by molar-refractivity contribution is 0.314. The lowest BCUT2D eigenvalue weighted by atomic mass is 10.1. The zero-order chi connectivity index (χ0) is 14.6. The number of rotatable bonds is 4. The van der Waals surface area contributed by atoms with E-state index in [2.05, 4.69) is 4.98 Å². The lowest BCUT2D eigenvalue weighted by Gasteiger charge is -2.27. The van der Waals surface area contributed by atoms with E-state index >= 15 is 0 Å². The monoisotopic (exact) mass is 297 g/mol. The Morgan fingerprint density at radius 3 is 2.75 bits per heavy atom. The van der Waals surface area contributed by atoms with Crippen LogP contribution in [0.25, 0.3) is 0 Å². The minimum absolute atomic E-state index is 0.0958. The largest absolute Gasteiger partial charge is 0.326 e. The van der Waals surface area contributed by atoms with Gasteiger partial charge in [0.25, 0.3) is 10.0 Å². The van der Waals surface area contributed by atoms with Gasteiger partial charge in [0.05, 0.1) is 0 Å². The summed E-state index contributed by atoms with van der Waals surface area (Å²) in [4.78, 5) is 4.09. The predicted molar refractivity (Wildman–Crippen MR) is 78.6 cm³/mol. The molecule has 0 bridgehead atoms. The molecule has 0 amide bonds. The van der Waals surface area contributed by atoms with Crippen LogP contribution in [-0.2, 0) is 16.6 Å². The Bertz CT molecular complexity index is 528. The Labute approximate surface area is 121 Å². The zero-order valence-corrected chi connectivity index (χ0v) is 12.8. The van der Waals surface area contributed by atoms with Crippen LogP contribution in [0.2, 0.25) is 0 Å². The van der Waals surface area contributed by atoms with Gasteiger partial charge in [0, 0.05) is 25.3 Å². The molecular formula is C14H23N3O2S. The molecule has 1 atom stereocenters. The Kier molecular flexibility index (Phi) is 5.12. The first-order valence-corrected chi connectivity index (χ1v) is 8.70. The van der Waals surface area contributed by atoms with Crippen molar-refractivity contribution in [1.29, 1.82) is 0 Å². The van der Waals surface area contributed by atoms with Crippen molar-refractivity contribution in [2.24, 2.45) is 5.73 Å². The second-order valence-electron chi connectivity index (χ2n) is 5.24. The molecule has 20 heavy (non-hydrogen) atoms. The third kappa shape index (κ3) is 3.19. The van der Waals surface area contributed by atoms with Gasteiger partial charge >= 0.3 is 0 Å². The van der Waals surface area contributed by atoms with Gasteiger partial charge in [-0.25, -0.2) is 13.4 Å². The number of hydrogen-bond acceptors (Lipinski definition) is 4. The van der Waals surface area contributed by atoms with Crippen LogP contribution >= 0.6 is 0 Å². The Morgan fingerprint density at radius 1 is 1.35 bits per heavy atom. The minimum atomic E-state index is -3.49. The molecule has 1 aliphatic heterocycles. The molecule has 1 fully saturated rings. The van der Waals surface area contributed by atoms with E-state index in [0.717, 1.165) is 37.7 Å². The van der Waals surface area contributed by atoms with Crippen LogP contribution in [0.3, 0.4) is 0 Å². The van der Waals surface area contributed by atoms with Crippen molar-refractivity contribution in [2.45, 2.75) is 56.6 Å². The first kappa shape index (κ1) is 15.4. The zero-order valence-electron chi connectivity index (χ0n) is 12.0. The smallest absolute Gasteiger partial charge is 0.260 e. The molecule has 1 aromatic rings. The fourth-order valence-electron chi connectivity index (χ4n) is 2.68. The summed E-state index contributed by atoms with van der Waals surface area (Å²) in [5.74, 6) is 0. The maximum atomic E-state index is 12.7. The highest BCUT2D eigenvalue weighted by molar-refractivity contribution is 7.89. The quantitative estimate of drug-likeness (QED) is 0.920. The minimum Gasteiger partial charge on any atom is -0.326 e. The maximum absolute atomic E-state index is 12.7. The summed E-state index contributed by atoms with van der Waals surface area (Å²) in [6.45, 7) is 3.01. The van der Waals surface area contributed by atoms with E-state index in [1.54, 1.807) is 22.6 Å². The van der Waals surface area contributed by atoms with Crippen LogP contribution in [0, 0.1) is 0 Å². The molecule has 1 saturated heterocycles. The first-order chi connectivity index (χ1) is 9.59. The fourth-order valence-corrected chi connectivity index (χ4v) is 4.36. The Hall–Kier alpha value is -0.980. The number of sulfonamides is 1. The van der Waals surface area contributed by atoms with E-state index in [0.29, 0.717) is 13.1 Å². The summed E-state index contributed by atoms with van der Waals surface area (Å²) in [6.07, 6.45) is 6.46. The van der Waals surface area contributed by atoms with Gasteiger partial charge in [0.15, 0.2) is 5.03 Å². The summed E-state index contributed by atoms with van der Waals surface area (Å²) in [7, 11) is -3.49. The lowest BCUT2D eigenvalue weighted by Crippen LogP contribution is -2.39. The normalized spacial score (nSPS) is 21.6. The molecule has 1 unspecified atom stereocenters. The average molecular weight is 297 g/mol. The first-order valence-electron chi connectivity index (χ1n) is 7.26. The topological polar surface area (TPSA) is 76.3 Å². The van der Waals surface area contributed by atoms with E-state index in [9.17, 15) is 8.42 Å². The number of hydrogen-bond donors (Lipinski definition) is 1. The van der Waals surface area contributed by atoms with Crippen molar-refractivity contribution in [2.75, 3.05) is 6.54 Å². The summed E-state index contributed by atoms with van der Waals surface area (Å²) in [5, 5.41) is 0.134. The molecule has 0 saturated carbocycles. The molecule has 2 N–H and O–H groups in total. The highest BCUT2D eigenvalue weighted by Gasteiger charge is 2.32. The summed E-state index contributed by atoms with van der Waals surface area (Å²) >= 11 is 0. The van der Waals surface area contributed by atoms with E-state index < -0.39 is 10.0 Å². The SMILES string of the molecule is CCC1CCCCCN1S(=O)(=O)c1ccc(CN)cn1. The molecule has 2 rings (SSSR count). The molecule has 112 valence electrons. The van der Waals surface area contributed by atoms with Crippen LogP contribution in [-0.4, -0.2) is 30.3 Å². The number of aromatic nitrogens is 1. The van der Waals surface area contributed by atoms with Gasteiger partial charge in [-0.05, 0) is 30.9 Å². The average Bonchev–Trinajstić information content (AvgIpc) is 2.73. The highest BCUT2D eigenvalue weighted by Crippen LogP contribution is 2.25. The van der Waals surface area contributed by atoms with E-state index in [-0.39, 0.29) is 11.1 Å². The molecule has 0 aromatic carbocycles.